The first-order valence-electron chi connectivity index (χ1n) is 6.35. The topological polar surface area (TPSA) is 47.3 Å². The third-order valence-electron chi connectivity index (χ3n) is 4.06. The molecular weight excluding hydrogens is 188 g/mol. The summed E-state index contributed by atoms with van der Waals surface area (Å²) in [6, 6.07) is 0.387. The third-order valence-corrected chi connectivity index (χ3v) is 4.06. The van der Waals surface area contributed by atoms with Crippen LogP contribution in [0.4, 0.5) is 0 Å². The fourth-order valence-electron chi connectivity index (χ4n) is 3.05. The maximum Gasteiger partial charge on any atom is 0.0768 e. The molecular formula is C12H24N2O. The lowest BCUT2D eigenvalue weighted by molar-refractivity contribution is 0.00248. The van der Waals surface area contributed by atoms with Crippen LogP contribution in [0.1, 0.15) is 44.9 Å². The standard InChI is InChI=1S/C12H24N2O/c1-15-12(10-5-3-2-4-6-10)11(14-13)9-7-8-9/h9-12,14H,2-8,13H2,1H3. The number of methoxy groups -OCH3 is 1. The van der Waals surface area contributed by atoms with Crippen LogP contribution in [0.5, 0.6) is 0 Å². The Bertz CT molecular complexity index is 188. The van der Waals surface area contributed by atoms with E-state index in [9.17, 15) is 0 Å². The average molecular weight is 212 g/mol. The Morgan fingerprint density at radius 3 is 2.20 bits per heavy atom. The maximum atomic E-state index is 5.70. The SMILES string of the molecule is COC(C1CCCCC1)C(NN)C1CC1. The molecule has 0 amide bonds. The van der Waals surface area contributed by atoms with Gasteiger partial charge in [0.15, 0.2) is 0 Å². The summed E-state index contributed by atoms with van der Waals surface area (Å²) in [5.41, 5.74) is 2.99. The molecule has 0 aliphatic heterocycles. The van der Waals surface area contributed by atoms with Gasteiger partial charge in [0.2, 0.25) is 0 Å². The molecule has 0 aromatic rings. The van der Waals surface area contributed by atoms with Gasteiger partial charge in [0.05, 0.1) is 12.1 Å². The van der Waals surface area contributed by atoms with Crippen LogP contribution in [0.3, 0.4) is 0 Å². The second kappa shape index (κ2) is 5.28. The van der Waals surface area contributed by atoms with Crippen molar-refractivity contribution in [3.05, 3.63) is 0 Å². The molecule has 2 rings (SSSR count). The predicted octanol–water partition coefficient (Wildman–Crippen LogP) is 1.82. The van der Waals surface area contributed by atoms with Gasteiger partial charge in [-0.3, -0.25) is 11.3 Å². The lowest BCUT2D eigenvalue weighted by Gasteiger charge is -2.34. The fraction of sp³-hybridized carbons (Fsp3) is 1.00. The van der Waals surface area contributed by atoms with E-state index in [2.05, 4.69) is 5.43 Å². The molecule has 3 heteroatoms. The molecule has 0 radical (unpaired) electrons. The van der Waals surface area contributed by atoms with Gasteiger partial charge in [-0.05, 0) is 37.5 Å². The van der Waals surface area contributed by atoms with Crippen LogP contribution >= 0.6 is 0 Å². The van der Waals surface area contributed by atoms with Crippen molar-refractivity contribution >= 4 is 0 Å². The maximum absolute atomic E-state index is 5.70. The Morgan fingerprint density at radius 1 is 1.07 bits per heavy atom. The van der Waals surface area contributed by atoms with Gasteiger partial charge in [-0.1, -0.05) is 19.3 Å². The normalized spacial score (nSPS) is 27.6. The fourth-order valence-corrected chi connectivity index (χ4v) is 3.05. The van der Waals surface area contributed by atoms with Crippen LogP contribution in [0.15, 0.2) is 0 Å². The Morgan fingerprint density at radius 2 is 1.73 bits per heavy atom. The summed E-state index contributed by atoms with van der Waals surface area (Å²) >= 11 is 0. The quantitative estimate of drug-likeness (QED) is 0.540. The predicted molar refractivity (Wildman–Crippen MR) is 61.2 cm³/mol. The smallest absolute Gasteiger partial charge is 0.0768 e. The van der Waals surface area contributed by atoms with Crippen LogP contribution in [-0.2, 0) is 4.74 Å². The zero-order valence-corrected chi connectivity index (χ0v) is 9.74. The lowest BCUT2D eigenvalue weighted by Crippen LogP contribution is -2.49. The zero-order valence-electron chi connectivity index (χ0n) is 9.74. The van der Waals surface area contributed by atoms with E-state index in [1.807, 2.05) is 7.11 Å². The molecule has 88 valence electrons. The van der Waals surface area contributed by atoms with Crippen molar-refractivity contribution in [1.82, 2.24) is 5.43 Å². The van der Waals surface area contributed by atoms with Gasteiger partial charge >= 0.3 is 0 Å². The Labute approximate surface area is 92.7 Å². The van der Waals surface area contributed by atoms with Gasteiger partial charge in [-0.15, -0.1) is 0 Å². The zero-order chi connectivity index (χ0) is 10.7. The van der Waals surface area contributed by atoms with Crippen molar-refractivity contribution in [1.29, 1.82) is 0 Å². The molecule has 0 bridgehead atoms. The molecule has 2 atom stereocenters. The van der Waals surface area contributed by atoms with E-state index in [1.165, 1.54) is 44.9 Å². The number of ether oxygens (including phenoxy) is 1. The van der Waals surface area contributed by atoms with Gasteiger partial charge < -0.3 is 4.74 Å². The van der Waals surface area contributed by atoms with E-state index in [4.69, 9.17) is 10.6 Å². The van der Waals surface area contributed by atoms with E-state index in [0.717, 1.165) is 11.8 Å². The molecule has 2 unspecified atom stereocenters. The van der Waals surface area contributed by atoms with Crippen LogP contribution in [0.2, 0.25) is 0 Å². The highest BCUT2D eigenvalue weighted by Crippen LogP contribution is 2.38. The first-order chi connectivity index (χ1) is 7.36. The van der Waals surface area contributed by atoms with Gasteiger partial charge in [0.1, 0.15) is 0 Å². The van der Waals surface area contributed by atoms with Crippen molar-refractivity contribution in [2.24, 2.45) is 17.7 Å². The molecule has 0 aromatic heterocycles. The summed E-state index contributed by atoms with van der Waals surface area (Å²) in [4.78, 5) is 0. The minimum Gasteiger partial charge on any atom is -0.379 e. The second-order valence-electron chi connectivity index (χ2n) is 5.13. The monoisotopic (exact) mass is 212 g/mol. The summed E-state index contributed by atoms with van der Waals surface area (Å²) in [7, 11) is 1.84. The molecule has 0 heterocycles. The number of hydrogen-bond acceptors (Lipinski definition) is 3. The van der Waals surface area contributed by atoms with E-state index in [-0.39, 0.29) is 0 Å². The van der Waals surface area contributed by atoms with Gasteiger partial charge in [0.25, 0.3) is 0 Å². The molecule has 15 heavy (non-hydrogen) atoms. The lowest BCUT2D eigenvalue weighted by atomic mass is 9.81. The summed E-state index contributed by atoms with van der Waals surface area (Å²) in [5.74, 6) is 7.16. The number of nitrogens with one attached hydrogen (secondary N) is 1. The molecule has 2 aliphatic carbocycles. The molecule has 0 saturated heterocycles. The van der Waals surface area contributed by atoms with E-state index in [1.54, 1.807) is 0 Å². The Hall–Kier alpha value is -0.120. The van der Waals surface area contributed by atoms with E-state index >= 15 is 0 Å². The van der Waals surface area contributed by atoms with Crippen LogP contribution in [0.25, 0.3) is 0 Å². The van der Waals surface area contributed by atoms with Gasteiger partial charge in [-0.2, -0.15) is 0 Å². The van der Waals surface area contributed by atoms with Crippen molar-refractivity contribution in [2.75, 3.05) is 7.11 Å². The highest BCUT2D eigenvalue weighted by atomic mass is 16.5. The summed E-state index contributed by atoms with van der Waals surface area (Å²) in [6.07, 6.45) is 9.76. The number of rotatable bonds is 5. The molecule has 3 nitrogen and oxygen atoms in total. The summed E-state index contributed by atoms with van der Waals surface area (Å²) in [5, 5.41) is 0. The highest BCUT2D eigenvalue weighted by Gasteiger charge is 2.39. The highest BCUT2D eigenvalue weighted by molar-refractivity contribution is 4.93. The Kier molecular flexibility index (Phi) is 4.00. The largest absolute Gasteiger partial charge is 0.379 e. The Balaban J connectivity index is 1.93. The first kappa shape index (κ1) is 11.4. The number of nitrogens with two attached hydrogens (primary N) is 1. The number of hydrogen-bond donors (Lipinski definition) is 2. The third kappa shape index (κ3) is 2.71. The van der Waals surface area contributed by atoms with Crippen LogP contribution < -0.4 is 11.3 Å². The van der Waals surface area contributed by atoms with Crippen LogP contribution in [0, 0.1) is 11.8 Å². The van der Waals surface area contributed by atoms with E-state index in [0.29, 0.717) is 12.1 Å². The van der Waals surface area contributed by atoms with Gasteiger partial charge in [0, 0.05) is 7.11 Å². The molecule has 2 aliphatic rings. The summed E-state index contributed by atoms with van der Waals surface area (Å²) < 4.78 is 5.70. The number of hydrazine groups is 1. The molecule has 2 fully saturated rings. The molecule has 2 saturated carbocycles. The minimum absolute atomic E-state index is 0.336. The van der Waals surface area contributed by atoms with E-state index < -0.39 is 0 Å². The summed E-state index contributed by atoms with van der Waals surface area (Å²) in [6.45, 7) is 0. The molecule has 3 N–H and O–H groups in total. The average Bonchev–Trinajstić information content (AvgIpc) is 3.11. The second-order valence-corrected chi connectivity index (χ2v) is 5.13. The van der Waals surface area contributed by atoms with Crippen molar-refractivity contribution in [2.45, 2.75) is 57.1 Å². The van der Waals surface area contributed by atoms with Crippen LogP contribution in [-0.4, -0.2) is 19.3 Å². The molecule has 0 aromatic carbocycles. The van der Waals surface area contributed by atoms with Crippen molar-refractivity contribution in [3.63, 3.8) is 0 Å². The van der Waals surface area contributed by atoms with Gasteiger partial charge in [-0.25, -0.2) is 0 Å². The molecule has 0 spiro atoms. The minimum atomic E-state index is 0.336. The van der Waals surface area contributed by atoms with Crippen molar-refractivity contribution in [3.8, 4) is 0 Å². The van der Waals surface area contributed by atoms with Crippen molar-refractivity contribution < 1.29 is 4.74 Å². The first-order valence-corrected chi connectivity index (χ1v) is 6.35.